The molecule has 0 aromatic heterocycles. The lowest BCUT2D eigenvalue weighted by Gasteiger charge is -2.30. The Bertz CT molecular complexity index is 445. The first-order valence-electron chi connectivity index (χ1n) is 6.28. The lowest BCUT2D eigenvalue weighted by atomic mass is 9.97. The fourth-order valence-electron chi connectivity index (χ4n) is 2.48. The zero-order valence-corrected chi connectivity index (χ0v) is 11.0. The van der Waals surface area contributed by atoms with Crippen LogP contribution in [0.25, 0.3) is 0 Å². The number of hydrogen-bond donors (Lipinski definition) is 1. The predicted octanol–water partition coefficient (Wildman–Crippen LogP) is 1.44. The van der Waals surface area contributed by atoms with Gasteiger partial charge in [0.05, 0.1) is 13.0 Å². The third-order valence-electron chi connectivity index (χ3n) is 3.52. The summed E-state index contributed by atoms with van der Waals surface area (Å²) in [5.74, 6) is -0.247. The van der Waals surface area contributed by atoms with Crippen LogP contribution in [0.15, 0.2) is 18.2 Å². The summed E-state index contributed by atoms with van der Waals surface area (Å²) < 4.78 is 4.76. The molecule has 0 spiro atoms. The molecule has 1 heterocycles. The van der Waals surface area contributed by atoms with Gasteiger partial charge in [-0.15, -0.1) is 0 Å². The normalized spacial score (nSPS) is 17.0. The molecule has 0 saturated heterocycles. The lowest BCUT2D eigenvalue weighted by molar-refractivity contribution is -0.145. The zero-order chi connectivity index (χ0) is 13.1. The molecule has 0 amide bonds. The van der Waals surface area contributed by atoms with Crippen molar-refractivity contribution in [1.82, 2.24) is 4.90 Å². The molecule has 0 radical (unpaired) electrons. The Labute approximate surface area is 108 Å². The molecule has 2 N–H and O–H groups in total. The second-order valence-corrected chi connectivity index (χ2v) is 4.89. The average Bonchev–Trinajstić information content (AvgIpc) is 2.38. The highest BCUT2D eigenvalue weighted by atomic mass is 16.5. The molecular formula is C14H20N2O2. The van der Waals surface area contributed by atoms with Crippen LogP contribution in [0.2, 0.25) is 0 Å². The number of rotatable bonds is 3. The van der Waals surface area contributed by atoms with Crippen LogP contribution in [0.1, 0.15) is 18.1 Å². The van der Waals surface area contributed by atoms with Gasteiger partial charge in [-0.05, 0) is 23.6 Å². The summed E-state index contributed by atoms with van der Waals surface area (Å²) in [6.45, 7) is 4.41. The van der Waals surface area contributed by atoms with Crippen LogP contribution in [0.5, 0.6) is 0 Å². The Morgan fingerprint density at radius 2 is 2.33 bits per heavy atom. The third-order valence-corrected chi connectivity index (χ3v) is 3.52. The fourth-order valence-corrected chi connectivity index (χ4v) is 2.48. The highest BCUT2D eigenvalue weighted by Crippen LogP contribution is 2.24. The summed E-state index contributed by atoms with van der Waals surface area (Å²) in [5, 5.41) is 0. The van der Waals surface area contributed by atoms with Gasteiger partial charge in [0, 0.05) is 25.3 Å². The highest BCUT2D eigenvalue weighted by Gasteiger charge is 2.22. The molecule has 98 valence electrons. The number of nitrogens with zero attached hydrogens (tertiary/aromatic N) is 1. The van der Waals surface area contributed by atoms with Crippen LogP contribution in [0.4, 0.5) is 5.69 Å². The number of methoxy groups -OCH3 is 1. The van der Waals surface area contributed by atoms with Gasteiger partial charge in [-0.25, -0.2) is 0 Å². The van der Waals surface area contributed by atoms with E-state index in [2.05, 4.69) is 11.0 Å². The minimum Gasteiger partial charge on any atom is -0.469 e. The molecule has 4 nitrogen and oxygen atoms in total. The van der Waals surface area contributed by atoms with Crippen LogP contribution in [-0.4, -0.2) is 31.1 Å². The molecule has 2 rings (SSSR count). The van der Waals surface area contributed by atoms with E-state index >= 15 is 0 Å². The minimum atomic E-state index is -0.151. The second-order valence-electron chi connectivity index (χ2n) is 4.89. The summed E-state index contributed by atoms with van der Waals surface area (Å²) in [6.07, 6.45) is 0.994. The Hall–Kier alpha value is -1.55. The summed E-state index contributed by atoms with van der Waals surface area (Å²) in [6, 6.07) is 6.07. The first-order valence-corrected chi connectivity index (χ1v) is 6.28. The van der Waals surface area contributed by atoms with Gasteiger partial charge in [0.2, 0.25) is 0 Å². The molecule has 0 aliphatic carbocycles. The van der Waals surface area contributed by atoms with Crippen molar-refractivity contribution >= 4 is 11.7 Å². The van der Waals surface area contributed by atoms with E-state index < -0.39 is 0 Å². The van der Waals surface area contributed by atoms with Crippen molar-refractivity contribution in [2.45, 2.75) is 19.9 Å². The van der Waals surface area contributed by atoms with E-state index in [4.69, 9.17) is 10.5 Å². The van der Waals surface area contributed by atoms with E-state index in [9.17, 15) is 4.79 Å². The number of esters is 1. The number of fused-ring (bicyclic) bond motifs is 1. The van der Waals surface area contributed by atoms with E-state index in [0.717, 1.165) is 31.7 Å². The molecule has 1 aromatic rings. The maximum Gasteiger partial charge on any atom is 0.309 e. The van der Waals surface area contributed by atoms with Gasteiger partial charge in [0.15, 0.2) is 0 Å². The van der Waals surface area contributed by atoms with Gasteiger partial charge < -0.3 is 10.5 Å². The Morgan fingerprint density at radius 1 is 1.56 bits per heavy atom. The predicted molar refractivity (Wildman–Crippen MR) is 71.0 cm³/mol. The van der Waals surface area contributed by atoms with Crippen LogP contribution in [-0.2, 0) is 22.5 Å². The molecule has 1 aliphatic heterocycles. The molecule has 0 saturated carbocycles. The van der Waals surface area contributed by atoms with Gasteiger partial charge in [0.1, 0.15) is 0 Å². The summed E-state index contributed by atoms with van der Waals surface area (Å²) in [4.78, 5) is 13.7. The van der Waals surface area contributed by atoms with Crippen molar-refractivity contribution in [2.24, 2.45) is 5.92 Å². The standard InChI is InChI=1S/C14H20N2O2/c1-10(14(17)18-2)8-16-7-6-11-4-3-5-13(15)12(11)9-16/h3-5,10H,6-9,15H2,1-2H3. The molecule has 18 heavy (non-hydrogen) atoms. The molecule has 1 aliphatic rings. The average molecular weight is 248 g/mol. The van der Waals surface area contributed by atoms with Crippen molar-refractivity contribution in [2.75, 3.05) is 25.9 Å². The smallest absolute Gasteiger partial charge is 0.309 e. The van der Waals surface area contributed by atoms with Crippen molar-refractivity contribution in [3.63, 3.8) is 0 Å². The lowest BCUT2D eigenvalue weighted by Crippen LogP contribution is -2.36. The minimum absolute atomic E-state index is 0.0958. The van der Waals surface area contributed by atoms with E-state index in [0.29, 0.717) is 0 Å². The van der Waals surface area contributed by atoms with Crippen molar-refractivity contribution in [1.29, 1.82) is 0 Å². The van der Waals surface area contributed by atoms with E-state index in [1.54, 1.807) is 0 Å². The summed E-state index contributed by atoms with van der Waals surface area (Å²) >= 11 is 0. The number of benzene rings is 1. The number of ether oxygens (including phenoxy) is 1. The van der Waals surface area contributed by atoms with Crippen LogP contribution in [0, 0.1) is 5.92 Å². The van der Waals surface area contributed by atoms with Crippen molar-refractivity contribution < 1.29 is 9.53 Å². The van der Waals surface area contributed by atoms with E-state index in [1.807, 2.05) is 19.1 Å². The number of hydrogen-bond acceptors (Lipinski definition) is 4. The maximum absolute atomic E-state index is 11.4. The zero-order valence-electron chi connectivity index (χ0n) is 11.0. The quantitative estimate of drug-likeness (QED) is 0.649. The van der Waals surface area contributed by atoms with Crippen LogP contribution in [0.3, 0.4) is 0 Å². The van der Waals surface area contributed by atoms with Crippen LogP contribution < -0.4 is 5.73 Å². The number of nitrogen functional groups attached to an aromatic ring is 1. The van der Waals surface area contributed by atoms with Gasteiger partial charge in [0.25, 0.3) is 0 Å². The molecule has 1 atom stereocenters. The SMILES string of the molecule is COC(=O)C(C)CN1CCc2cccc(N)c2C1. The van der Waals surface area contributed by atoms with Crippen molar-refractivity contribution in [3.05, 3.63) is 29.3 Å². The Morgan fingerprint density at radius 3 is 3.06 bits per heavy atom. The van der Waals surface area contributed by atoms with Gasteiger partial charge in [-0.1, -0.05) is 19.1 Å². The Balaban J connectivity index is 2.04. The van der Waals surface area contributed by atoms with Crippen molar-refractivity contribution in [3.8, 4) is 0 Å². The Kier molecular flexibility index (Phi) is 3.87. The first-order chi connectivity index (χ1) is 8.61. The number of carbonyl (C=O) groups is 1. The van der Waals surface area contributed by atoms with Gasteiger partial charge in [-0.2, -0.15) is 0 Å². The highest BCUT2D eigenvalue weighted by molar-refractivity contribution is 5.72. The second kappa shape index (κ2) is 5.40. The van der Waals surface area contributed by atoms with E-state index in [-0.39, 0.29) is 11.9 Å². The van der Waals surface area contributed by atoms with E-state index in [1.165, 1.54) is 18.2 Å². The largest absolute Gasteiger partial charge is 0.469 e. The number of anilines is 1. The molecule has 1 unspecified atom stereocenters. The van der Waals surface area contributed by atoms with Gasteiger partial charge >= 0.3 is 5.97 Å². The number of carbonyl (C=O) groups excluding carboxylic acids is 1. The molecule has 1 aromatic carbocycles. The van der Waals surface area contributed by atoms with Gasteiger partial charge in [-0.3, -0.25) is 9.69 Å². The van der Waals surface area contributed by atoms with Crippen LogP contribution >= 0.6 is 0 Å². The number of nitrogens with two attached hydrogens (primary N) is 1. The summed E-state index contributed by atoms with van der Waals surface area (Å²) in [5.41, 5.74) is 9.39. The summed E-state index contributed by atoms with van der Waals surface area (Å²) in [7, 11) is 1.43. The molecule has 0 fully saturated rings. The molecule has 0 bridgehead atoms. The third kappa shape index (κ3) is 2.64. The topological polar surface area (TPSA) is 55.6 Å². The monoisotopic (exact) mass is 248 g/mol. The molecule has 4 heteroatoms. The molecular weight excluding hydrogens is 228 g/mol. The maximum atomic E-state index is 11.4. The fraction of sp³-hybridized carbons (Fsp3) is 0.500. The first kappa shape index (κ1) is 12.9.